The van der Waals surface area contributed by atoms with Crippen LogP contribution in [0.2, 0.25) is 4.17 Å². The molecule has 0 atom stereocenters. The lowest BCUT2D eigenvalue weighted by Crippen LogP contribution is -2.30. The molecule has 0 aromatic carbocycles. The van der Waals surface area contributed by atoms with Crippen LogP contribution in [0.1, 0.15) is 27.7 Å². The fraction of sp³-hybridized carbons (Fsp3) is 1.00. The Morgan fingerprint density at radius 2 is 1.62 bits per heavy atom. The van der Waals surface area contributed by atoms with Gasteiger partial charge in [0.25, 0.3) is 0 Å². The summed E-state index contributed by atoms with van der Waals surface area (Å²) in [6, 6.07) is 0. The van der Waals surface area contributed by atoms with Crippen molar-refractivity contribution in [2.24, 2.45) is 0 Å². The van der Waals surface area contributed by atoms with Crippen LogP contribution in [0.15, 0.2) is 0 Å². The molecule has 13 heavy (non-hydrogen) atoms. The molecule has 0 aliphatic carbocycles. The molecule has 0 unspecified atom stereocenters. The van der Waals surface area contributed by atoms with E-state index in [1.165, 1.54) is 4.17 Å². The van der Waals surface area contributed by atoms with Crippen LogP contribution in [-0.4, -0.2) is 46.9 Å². The lowest BCUT2D eigenvalue weighted by Gasteiger charge is -2.22. The SMILES string of the molecule is CC(C)OC(OC(C)C)[SiH2][CH2][Mg][Cl]. The van der Waals surface area contributed by atoms with Gasteiger partial charge in [-0.25, -0.2) is 0 Å². The highest BCUT2D eigenvalue weighted by atomic mass is 35.5. The van der Waals surface area contributed by atoms with E-state index >= 15 is 0 Å². The topological polar surface area (TPSA) is 18.5 Å². The maximum Gasteiger partial charge on any atom is 0.498 e. The summed E-state index contributed by atoms with van der Waals surface area (Å²) in [5.74, 6) is 0.0752. The van der Waals surface area contributed by atoms with Gasteiger partial charge in [-0.05, 0) is 27.7 Å². The molecule has 76 valence electrons. The average Bonchev–Trinajstić information content (AvgIpc) is 1.98. The van der Waals surface area contributed by atoms with E-state index in [0.717, 1.165) is 0 Å². The highest BCUT2D eigenvalue weighted by Crippen LogP contribution is 2.04. The Morgan fingerprint density at radius 3 is 1.92 bits per heavy atom. The van der Waals surface area contributed by atoms with Gasteiger partial charge >= 0.3 is 19.3 Å². The molecule has 0 radical (unpaired) electrons. The Balaban J connectivity index is 3.73. The molecule has 5 heteroatoms. The van der Waals surface area contributed by atoms with Crippen LogP contribution in [0.4, 0.5) is 0 Å². The molecule has 2 nitrogen and oxygen atoms in total. The normalized spacial score (nSPS) is 12.3. The van der Waals surface area contributed by atoms with Gasteiger partial charge in [0.2, 0.25) is 0 Å². The summed E-state index contributed by atoms with van der Waals surface area (Å²) >= 11 is -0.323. The van der Waals surface area contributed by atoms with Crippen LogP contribution in [-0.2, 0) is 9.47 Å². The van der Waals surface area contributed by atoms with Gasteiger partial charge in [0.05, 0.1) is 21.7 Å². The van der Waals surface area contributed by atoms with E-state index in [1.807, 2.05) is 27.7 Å². The van der Waals surface area contributed by atoms with Crippen molar-refractivity contribution < 1.29 is 9.47 Å². The molecule has 0 rings (SSSR count). The summed E-state index contributed by atoms with van der Waals surface area (Å²) < 4.78 is 12.5. The van der Waals surface area contributed by atoms with Crippen LogP contribution in [0.3, 0.4) is 0 Å². The van der Waals surface area contributed by atoms with Gasteiger partial charge in [-0.2, -0.15) is 0 Å². The van der Waals surface area contributed by atoms with Crippen LogP contribution < -0.4 is 0 Å². The second-order valence-electron chi connectivity index (χ2n) is 3.63. The number of hydrogen-bond donors (Lipinski definition) is 0. The predicted octanol–water partition coefficient (Wildman–Crippen LogP) is 1.52. The quantitative estimate of drug-likeness (QED) is 0.492. The van der Waals surface area contributed by atoms with Crippen LogP contribution >= 0.6 is 9.07 Å². The van der Waals surface area contributed by atoms with Crippen molar-refractivity contribution >= 4 is 37.9 Å². The van der Waals surface area contributed by atoms with Gasteiger partial charge in [-0.15, -0.1) is 4.17 Å². The van der Waals surface area contributed by atoms with Crippen LogP contribution in [0, 0.1) is 0 Å². The summed E-state index contributed by atoms with van der Waals surface area (Å²) in [4.78, 5) is 0. The molecule has 0 spiro atoms. The maximum atomic E-state index is 5.78. The monoisotopic (exact) mass is 234 g/mol. The Bertz CT molecular complexity index is 115. The Hall–Kier alpha value is 1.19. The third kappa shape index (κ3) is 9.50. The number of halogens is 1. The van der Waals surface area contributed by atoms with E-state index in [2.05, 4.69) is 0 Å². The van der Waals surface area contributed by atoms with Crippen molar-refractivity contribution in [1.82, 2.24) is 0 Å². The van der Waals surface area contributed by atoms with E-state index in [-0.39, 0.29) is 46.9 Å². The molecule has 0 saturated carbocycles. The molecule has 0 saturated heterocycles. The van der Waals surface area contributed by atoms with Crippen molar-refractivity contribution in [3.05, 3.63) is 0 Å². The minimum absolute atomic E-state index is 0.0752. The van der Waals surface area contributed by atoms with E-state index in [4.69, 9.17) is 18.5 Å². The van der Waals surface area contributed by atoms with Gasteiger partial charge in [0.1, 0.15) is 5.91 Å². The number of hydrogen-bond acceptors (Lipinski definition) is 2. The number of ether oxygens (including phenoxy) is 2. The summed E-state index contributed by atoms with van der Waals surface area (Å²) in [7, 11) is 5.51. The zero-order valence-electron chi connectivity index (χ0n) is 9.05. The predicted molar refractivity (Wildman–Crippen MR) is 61.2 cm³/mol. The highest BCUT2D eigenvalue weighted by Gasteiger charge is 2.13. The molecule has 0 aliphatic heterocycles. The van der Waals surface area contributed by atoms with Crippen molar-refractivity contribution in [1.29, 1.82) is 0 Å². The van der Waals surface area contributed by atoms with Gasteiger partial charge in [-0.1, -0.05) is 0 Å². The minimum Gasteiger partial charge on any atom is -0.355 e. The zero-order chi connectivity index (χ0) is 10.3. The summed E-state index contributed by atoms with van der Waals surface area (Å²) in [5.41, 5.74) is 0. The fourth-order valence-electron chi connectivity index (χ4n) is 1.02. The molecule has 0 amide bonds. The molecule has 0 aromatic rings. The Kier molecular flexibility index (Phi) is 9.28. The summed E-state index contributed by atoms with van der Waals surface area (Å²) in [6.07, 6.45) is 0.515. The third-order valence-corrected chi connectivity index (χ3v) is 7.39. The Labute approximate surface area is 97.0 Å². The zero-order valence-corrected chi connectivity index (χ0v) is 12.6. The molecule has 0 fully saturated rings. The first-order valence-corrected chi connectivity index (χ1v) is 9.88. The maximum absolute atomic E-state index is 5.78. The van der Waals surface area contributed by atoms with Crippen molar-refractivity contribution in [3.63, 3.8) is 0 Å². The molecule has 0 N–H and O–H groups in total. The van der Waals surface area contributed by atoms with Gasteiger partial charge < -0.3 is 18.5 Å². The largest absolute Gasteiger partial charge is 0.498 e. The van der Waals surface area contributed by atoms with Crippen LogP contribution in [0.5, 0.6) is 0 Å². The molecule has 0 aliphatic rings. The van der Waals surface area contributed by atoms with Crippen molar-refractivity contribution in [2.45, 2.75) is 50.0 Å². The van der Waals surface area contributed by atoms with Gasteiger partial charge in [0, 0.05) is 0 Å². The molecular weight excluding hydrogens is 216 g/mol. The first-order valence-electron chi connectivity index (χ1n) is 4.93. The van der Waals surface area contributed by atoms with Crippen molar-refractivity contribution in [3.8, 4) is 0 Å². The van der Waals surface area contributed by atoms with E-state index in [1.54, 1.807) is 0 Å². The lowest BCUT2D eigenvalue weighted by molar-refractivity contribution is -0.133. The third-order valence-electron chi connectivity index (χ3n) is 1.42. The molecule has 0 aromatic heterocycles. The summed E-state index contributed by atoms with van der Waals surface area (Å²) in [6.45, 7) is 8.18. The fourth-order valence-corrected chi connectivity index (χ4v) is 5.40. The molecule has 0 bridgehead atoms. The smallest absolute Gasteiger partial charge is 0.355 e. The van der Waals surface area contributed by atoms with Gasteiger partial charge in [-0.3, -0.25) is 0 Å². The number of rotatable bonds is 7. The van der Waals surface area contributed by atoms with Crippen LogP contribution in [0.25, 0.3) is 0 Å². The molecule has 0 heterocycles. The van der Waals surface area contributed by atoms with Crippen molar-refractivity contribution in [2.75, 3.05) is 0 Å². The van der Waals surface area contributed by atoms with E-state index in [0.29, 0.717) is 0 Å². The van der Waals surface area contributed by atoms with E-state index < -0.39 is 0 Å². The first-order chi connectivity index (χ1) is 6.06. The average molecular weight is 235 g/mol. The lowest BCUT2D eigenvalue weighted by atomic mass is 10.5. The summed E-state index contributed by atoms with van der Waals surface area (Å²) in [5, 5.41) is 0. The second-order valence-corrected chi connectivity index (χ2v) is 9.21. The van der Waals surface area contributed by atoms with E-state index in [9.17, 15) is 0 Å². The first kappa shape index (κ1) is 14.2. The standard InChI is InChI=1S/C8H19O2Si.ClH.Mg/c1-6(2)9-8(11-5)10-7(3)4;;/h6-8H,5,11H2,1-4H3;1H;/q;;+1/p-1. The van der Waals surface area contributed by atoms with Gasteiger partial charge in [0.15, 0.2) is 0 Å². The molecular formula is C8H19ClMgO2Si. The Morgan fingerprint density at radius 1 is 1.15 bits per heavy atom. The minimum atomic E-state index is -0.323. The highest BCUT2D eigenvalue weighted by molar-refractivity contribution is 6.97. The second kappa shape index (κ2) is 8.50.